The zero-order chi connectivity index (χ0) is 17.9. The van der Waals surface area contributed by atoms with Crippen LogP contribution < -0.4 is 0 Å². The Morgan fingerprint density at radius 2 is 1.77 bits per heavy atom. The van der Waals surface area contributed by atoms with E-state index in [0.717, 1.165) is 31.5 Å². The number of benzene rings is 2. The summed E-state index contributed by atoms with van der Waals surface area (Å²) in [5.41, 5.74) is 7.86. The number of aromatic nitrogens is 2. The van der Waals surface area contributed by atoms with Gasteiger partial charge in [0.05, 0.1) is 17.1 Å². The van der Waals surface area contributed by atoms with Crippen LogP contribution in [0.3, 0.4) is 0 Å². The van der Waals surface area contributed by atoms with Crippen LogP contribution in [0.25, 0.3) is 16.9 Å². The normalized spacial score (nSPS) is 13.8. The lowest BCUT2D eigenvalue weighted by atomic mass is 9.93. The highest BCUT2D eigenvalue weighted by Crippen LogP contribution is 2.34. The fourth-order valence-electron chi connectivity index (χ4n) is 3.83. The summed E-state index contributed by atoms with van der Waals surface area (Å²) in [6.45, 7) is 1.07. The number of nitrogens with zero attached hydrogens (tertiary/aromatic N) is 3. The third-order valence-corrected chi connectivity index (χ3v) is 5.21. The largest absolute Gasteiger partial charge is 0.309 e. The molecule has 0 atom stereocenters. The van der Waals surface area contributed by atoms with Crippen LogP contribution in [-0.4, -0.2) is 35.3 Å². The van der Waals surface area contributed by atoms with Gasteiger partial charge in [-0.15, -0.1) is 0 Å². The second-order valence-corrected chi connectivity index (χ2v) is 7.48. The van der Waals surface area contributed by atoms with Crippen LogP contribution in [0.2, 0.25) is 0 Å². The molecule has 3 aromatic rings. The molecule has 4 rings (SSSR count). The maximum absolute atomic E-state index is 5.01. The van der Waals surface area contributed by atoms with E-state index in [2.05, 4.69) is 78.3 Å². The number of fused-ring (bicyclic) bond motifs is 1. The summed E-state index contributed by atoms with van der Waals surface area (Å²) >= 11 is 0. The molecule has 0 fully saturated rings. The van der Waals surface area contributed by atoms with Gasteiger partial charge in [0.1, 0.15) is 0 Å². The lowest BCUT2D eigenvalue weighted by Crippen LogP contribution is -2.15. The van der Waals surface area contributed by atoms with Gasteiger partial charge in [0.15, 0.2) is 0 Å². The van der Waals surface area contributed by atoms with Gasteiger partial charge < -0.3 is 4.90 Å². The molecule has 0 bridgehead atoms. The number of hydrogen-bond acceptors (Lipinski definition) is 2. The van der Waals surface area contributed by atoms with E-state index in [-0.39, 0.29) is 0 Å². The highest BCUT2D eigenvalue weighted by molar-refractivity contribution is 5.68. The molecule has 3 heteroatoms. The zero-order valence-corrected chi connectivity index (χ0v) is 15.8. The van der Waals surface area contributed by atoms with Crippen molar-refractivity contribution in [3.8, 4) is 16.9 Å². The van der Waals surface area contributed by atoms with Gasteiger partial charge in [-0.3, -0.25) is 0 Å². The van der Waals surface area contributed by atoms with Crippen LogP contribution >= 0.6 is 0 Å². The van der Waals surface area contributed by atoms with E-state index in [1.54, 1.807) is 0 Å². The van der Waals surface area contributed by atoms with Crippen LogP contribution in [-0.2, 0) is 19.3 Å². The van der Waals surface area contributed by atoms with Gasteiger partial charge >= 0.3 is 0 Å². The Hall–Kier alpha value is -2.39. The molecule has 0 radical (unpaired) electrons. The van der Waals surface area contributed by atoms with Crippen LogP contribution in [0.15, 0.2) is 54.6 Å². The van der Waals surface area contributed by atoms with Crippen molar-refractivity contribution in [3.05, 3.63) is 71.4 Å². The van der Waals surface area contributed by atoms with Gasteiger partial charge in [-0.1, -0.05) is 36.4 Å². The van der Waals surface area contributed by atoms with E-state index in [0.29, 0.717) is 0 Å². The SMILES string of the molecule is CN(C)CCc1cccc(-c2c3c(nn2-c2ccccc2)CCCC3)c1. The lowest BCUT2D eigenvalue weighted by molar-refractivity contribution is 0.413. The molecule has 1 aliphatic carbocycles. The number of aryl methyl sites for hydroxylation is 1. The van der Waals surface area contributed by atoms with Crippen LogP contribution in [0, 0.1) is 0 Å². The minimum absolute atomic E-state index is 1.07. The average Bonchev–Trinajstić information content (AvgIpc) is 3.07. The topological polar surface area (TPSA) is 21.1 Å². The Kier molecular flexibility index (Phi) is 4.89. The van der Waals surface area contributed by atoms with Gasteiger partial charge in [0.2, 0.25) is 0 Å². The fraction of sp³-hybridized carbons (Fsp3) is 0.348. The van der Waals surface area contributed by atoms with Crippen LogP contribution in [0.5, 0.6) is 0 Å². The van der Waals surface area contributed by atoms with Crippen molar-refractivity contribution in [1.29, 1.82) is 0 Å². The predicted molar refractivity (Wildman–Crippen MR) is 108 cm³/mol. The molecule has 0 aliphatic heterocycles. The first-order valence-electron chi connectivity index (χ1n) is 9.62. The minimum Gasteiger partial charge on any atom is -0.309 e. The molecule has 134 valence electrons. The molecule has 1 aromatic heterocycles. The Morgan fingerprint density at radius 1 is 0.962 bits per heavy atom. The van der Waals surface area contributed by atoms with Crippen molar-refractivity contribution >= 4 is 0 Å². The highest BCUT2D eigenvalue weighted by atomic mass is 15.3. The average molecular weight is 345 g/mol. The van der Waals surface area contributed by atoms with E-state index in [1.165, 1.54) is 40.9 Å². The Labute approximate surface area is 156 Å². The van der Waals surface area contributed by atoms with E-state index in [4.69, 9.17) is 5.10 Å². The quantitative estimate of drug-likeness (QED) is 0.678. The number of para-hydroxylation sites is 1. The summed E-state index contributed by atoms with van der Waals surface area (Å²) in [6, 6.07) is 19.6. The molecule has 26 heavy (non-hydrogen) atoms. The predicted octanol–water partition coefficient (Wildman–Crippen LogP) is 4.52. The summed E-state index contributed by atoms with van der Waals surface area (Å²) in [5, 5.41) is 5.01. The third kappa shape index (κ3) is 3.45. The Balaban J connectivity index is 1.80. The summed E-state index contributed by atoms with van der Waals surface area (Å²) in [5.74, 6) is 0. The minimum atomic E-state index is 1.07. The van der Waals surface area contributed by atoms with Crippen molar-refractivity contribution in [2.24, 2.45) is 0 Å². The lowest BCUT2D eigenvalue weighted by Gasteiger charge is -2.14. The molecule has 0 saturated carbocycles. The van der Waals surface area contributed by atoms with Crippen molar-refractivity contribution in [1.82, 2.24) is 14.7 Å². The third-order valence-electron chi connectivity index (χ3n) is 5.21. The molecule has 0 unspecified atom stereocenters. The van der Waals surface area contributed by atoms with Crippen molar-refractivity contribution < 1.29 is 0 Å². The molecular formula is C23H27N3. The molecule has 0 spiro atoms. The van der Waals surface area contributed by atoms with Gasteiger partial charge in [0, 0.05) is 17.7 Å². The van der Waals surface area contributed by atoms with Crippen molar-refractivity contribution in [2.45, 2.75) is 32.1 Å². The summed E-state index contributed by atoms with van der Waals surface area (Å²) in [4.78, 5) is 2.24. The number of hydrogen-bond donors (Lipinski definition) is 0. The maximum atomic E-state index is 5.01. The molecule has 0 N–H and O–H groups in total. The smallest absolute Gasteiger partial charge is 0.0775 e. The van der Waals surface area contributed by atoms with E-state index in [1.807, 2.05) is 0 Å². The second-order valence-electron chi connectivity index (χ2n) is 7.48. The number of likely N-dealkylation sites (N-methyl/N-ethyl adjacent to an activating group) is 1. The van der Waals surface area contributed by atoms with Gasteiger partial charge in [-0.25, -0.2) is 4.68 Å². The standard InChI is InChI=1S/C23H27N3/c1-25(2)16-15-18-9-8-10-19(17-18)23-21-13-6-7-14-22(21)24-26(23)20-11-4-3-5-12-20/h3-5,8-12,17H,6-7,13-16H2,1-2H3. The fourth-order valence-corrected chi connectivity index (χ4v) is 3.83. The zero-order valence-electron chi connectivity index (χ0n) is 15.8. The molecule has 1 aliphatic rings. The van der Waals surface area contributed by atoms with Gasteiger partial charge in [-0.2, -0.15) is 5.10 Å². The molecule has 0 amide bonds. The molecule has 0 saturated heterocycles. The van der Waals surface area contributed by atoms with Crippen LogP contribution in [0.1, 0.15) is 29.7 Å². The Morgan fingerprint density at radius 3 is 2.58 bits per heavy atom. The molecular weight excluding hydrogens is 318 g/mol. The summed E-state index contributed by atoms with van der Waals surface area (Å²) < 4.78 is 2.17. The van der Waals surface area contributed by atoms with E-state index >= 15 is 0 Å². The Bertz CT molecular complexity index is 878. The molecule has 3 nitrogen and oxygen atoms in total. The van der Waals surface area contributed by atoms with E-state index < -0.39 is 0 Å². The summed E-state index contributed by atoms with van der Waals surface area (Å²) in [6.07, 6.45) is 5.83. The number of rotatable bonds is 5. The molecule has 2 aromatic carbocycles. The first-order valence-corrected chi connectivity index (χ1v) is 9.62. The van der Waals surface area contributed by atoms with Crippen molar-refractivity contribution in [3.63, 3.8) is 0 Å². The van der Waals surface area contributed by atoms with Crippen molar-refractivity contribution in [2.75, 3.05) is 20.6 Å². The first kappa shape index (κ1) is 17.0. The highest BCUT2D eigenvalue weighted by Gasteiger charge is 2.22. The first-order chi connectivity index (χ1) is 12.7. The summed E-state index contributed by atoms with van der Waals surface area (Å²) in [7, 11) is 4.26. The van der Waals surface area contributed by atoms with Gasteiger partial charge in [-0.05, 0) is 70.0 Å². The maximum Gasteiger partial charge on any atom is 0.0775 e. The molecule has 1 heterocycles. The second kappa shape index (κ2) is 7.46. The van der Waals surface area contributed by atoms with Crippen LogP contribution in [0.4, 0.5) is 0 Å². The monoisotopic (exact) mass is 345 g/mol. The van der Waals surface area contributed by atoms with E-state index in [9.17, 15) is 0 Å². The van der Waals surface area contributed by atoms with Gasteiger partial charge in [0.25, 0.3) is 0 Å².